The first-order valence-electron chi connectivity index (χ1n) is 7.27. The molecule has 1 aromatic rings. The van der Waals surface area contributed by atoms with E-state index in [9.17, 15) is 4.79 Å². The van der Waals surface area contributed by atoms with Crippen LogP contribution in [0.3, 0.4) is 0 Å². The lowest BCUT2D eigenvalue weighted by atomic mass is 9.95. The smallest absolute Gasteiger partial charge is 0.317 e. The minimum absolute atomic E-state index is 0.0851. The molecule has 0 aromatic heterocycles. The first-order valence-corrected chi connectivity index (χ1v) is 7.27. The lowest BCUT2D eigenvalue weighted by Gasteiger charge is -2.43. The number of carbonyl (C=O) groups excluding carboxylic acids is 1. The van der Waals surface area contributed by atoms with Gasteiger partial charge in [-0.2, -0.15) is 10.2 Å². The number of benzene rings is 1. The van der Waals surface area contributed by atoms with Gasteiger partial charge in [0.25, 0.3) is 0 Å². The summed E-state index contributed by atoms with van der Waals surface area (Å²) in [5.74, 6) is 0. The Balaban J connectivity index is 1.52. The summed E-state index contributed by atoms with van der Waals surface area (Å²) in [6.07, 6.45) is 5.41. The van der Waals surface area contributed by atoms with Crippen molar-refractivity contribution < 1.29 is 4.79 Å². The van der Waals surface area contributed by atoms with E-state index in [1.807, 2.05) is 29.3 Å². The van der Waals surface area contributed by atoms with Gasteiger partial charge >= 0.3 is 6.03 Å². The highest BCUT2D eigenvalue weighted by molar-refractivity contribution is 6.19. The number of fused-ring (bicyclic) bond motifs is 1. The molecule has 0 aliphatic carbocycles. The topological polar surface area (TPSA) is 48.3 Å². The SMILES string of the molecule is O=C(N1C=C2C=NN=C2CC1)N1CCC1c1ccccc1. The highest BCUT2D eigenvalue weighted by Crippen LogP contribution is 2.34. The predicted molar refractivity (Wildman–Crippen MR) is 81.2 cm³/mol. The average molecular weight is 280 g/mol. The van der Waals surface area contributed by atoms with E-state index in [4.69, 9.17) is 0 Å². The van der Waals surface area contributed by atoms with Gasteiger partial charge in [0.1, 0.15) is 0 Å². The van der Waals surface area contributed by atoms with Gasteiger partial charge in [-0.25, -0.2) is 4.79 Å². The van der Waals surface area contributed by atoms with Crippen LogP contribution in [0.25, 0.3) is 0 Å². The molecule has 1 unspecified atom stereocenters. The van der Waals surface area contributed by atoms with Crippen LogP contribution in [0.1, 0.15) is 24.4 Å². The van der Waals surface area contributed by atoms with E-state index >= 15 is 0 Å². The standard InChI is InChI=1S/C16H16N4O/c21-16(19-8-6-14-13(11-19)10-17-18-14)20-9-7-15(20)12-4-2-1-3-5-12/h1-5,10-11,15H,6-9H2. The molecule has 0 N–H and O–H groups in total. The molecular formula is C16H16N4O. The summed E-state index contributed by atoms with van der Waals surface area (Å²) in [6, 6.07) is 10.5. The number of likely N-dealkylation sites (tertiary alicyclic amines) is 1. The van der Waals surface area contributed by atoms with Crippen molar-refractivity contribution in [3.05, 3.63) is 47.7 Å². The molecule has 3 aliphatic rings. The van der Waals surface area contributed by atoms with Crippen LogP contribution in [0.4, 0.5) is 4.79 Å². The van der Waals surface area contributed by atoms with Crippen LogP contribution < -0.4 is 0 Å². The monoisotopic (exact) mass is 280 g/mol. The van der Waals surface area contributed by atoms with E-state index in [0.29, 0.717) is 6.54 Å². The van der Waals surface area contributed by atoms with E-state index in [0.717, 1.165) is 30.7 Å². The van der Waals surface area contributed by atoms with Gasteiger partial charge in [-0.1, -0.05) is 30.3 Å². The second-order valence-electron chi connectivity index (χ2n) is 5.51. The molecule has 1 saturated heterocycles. The second-order valence-corrected chi connectivity index (χ2v) is 5.51. The number of carbonyl (C=O) groups is 1. The fraction of sp³-hybridized carbons (Fsp3) is 0.312. The summed E-state index contributed by atoms with van der Waals surface area (Å²) >= 11 is 0. The Kier molecular flexibility index (Phi) is 2.84. The van der Waals surface area contributed by atoms with Crippen LogP contribution in [0.15, 0.2) is 52.3 Å². The number of nitrogens with zero attached hydrogens (tertiary/aromatic N) is 4. The van der Waals surface area contributed by atoms with Crippen LogP contribution in [0.2, 0.25) is 0 Å². The fourth-order valence-electron chi connectivity index (χ4n) is 3.01. The fourth-order valence-corrected chi connectivity index (χ4v) is 3.01. The third-order valence-electron chi connectivity index (χ3n) is 4.29. The molecule has 3 aliphatic heterocycles. The summed E-state index contributed by atoms with van der Waals surface area (Å²) in [5.41, 5.74) is 3.17. The zero-order chi connectivity index (χ0) is 14.2. The zero-order valence-corrected chi connectivity index (χ0v) is 11.6. The maximum atomic E-state index is 12.7. The van der Waals surface area contributed by atoms with Crippen molar-refractivity contribution in [1.29, 1.82) is 0 Å². The van der Waals surface area contributed by atoms with Gasteiger partial charge in [-0.05, 0) is 12.0 Å². The van der Waals surface area contributed by atoms with E-state index in [2.05, 4.69) is 22.3 Å². The first-order chi connectivity index (χ1) is 10.3. The van der Waals surface area contributed by atoms with Gasteiger partial charge < -0.3 is 4.90 Å². The minimum atomic E-state index is 0.0851. The number of allylic oxidation sites excluding steroid dienone is 1. The Morgan fingerprint density at radius 3 is 2.81 bits per heavy atom. The Labute approximate surface area is 123 Å². The Morgan fingerprint density at radius 2 is 2.05 bits per heavy atom. The normalized spacial score (nSPS) is 23.3. The average Bonchev–Trinajstić information content (AvgIpc) is 2.94. The molecule has 5 heteroatoms. The lowest BCUT2D eigenvalue weighted by Crippen LogP contribution is -2.51. The number of rotatable bonds is 1. The second kappa shape index (κ2) is 4.84. The maximum absolute atomic E-state index is 12.7. The highest BCUT2D eigenvalue weighted by atomic mass is 16.2. The Hall–Kier alpha value is -2.43. The maximum Gasteiger partial charge on any atom is 0.324 e. The molecule has 0 radical (unpaired) electrons. The third-order valence-corrected chi connectivity index (χ3v) is 4.29. The van der Waals surface area contributed by atoms with Crippen molar-refractivity contribution in [2.45, 2.75) is 18.9 Å². The van der Waals surface area contributed by atoms with Crippen molar-refractivity contribution in [1.82, 2.24) is 9.80 Å². The van der Waals surface area contributed by atoms with Gasteiger partial charge in [0.05, 0.1) is 18.0 Å². The number of hydrogen-bond acceptors (Lipinski definition) is 3. The van der Waals surface area contributed by atoms with E-state index in [1.54, 1.807) is 11.1 Å². The van der Waals surface area contributed by atoms with Gasteiger partial charge in [0, 0.05) is 31.3 Å². The van der Waals surface area contributed by atoms with Crippen molar-refractivity contribution >= 4 is 18.0 Å². The summed E-state index contributed by atoms with van der Waals surface area (Å²) in [6.45, 7) is 1.51. The lowest BCUT2D eigenvalue weighted by molar-refractivity contribution is 0.0946. The molecule has 2 amide bonds. The summed E-state index contributed by atoms with van der Waals surface area (Å²) in [7, 11) is 0. The molecule has 106 valence electrons. The Bertz CT molecular complexity index is 662. The summed E-state index contributed by atoms with van der Waals surface area (Å²) in [4.78, 5) is 16.4. The molecule has 0 spiro atoms. The first kappa shape index (κ1) is 12.3. The van der Waals surface area contributed by atoms with Crippen molar-refractivity contribution in [3.63, 3.8) is 0 Å². The molecule has 0 bridgehead atoms. The number of hydrogen-bond donors (Lipinski definition) is 0. The van der Waals surface area contributed by atoms with Gasteiger partial charge in [0.2, 0.25) is 0 Å². The van der Waals surface area contributed by atoms with Crippen LogP contribution in [-0.4, -0.2) is 40.8 Å². The summed E-state index contributed by atoms with van der Waals surface area (Å²) in [5, 5.41) is 7.97. The van der Waals surface area contributed by atoms with Crippen molar-refractivity contribution in [2.24, 2.45) is 10.2 Å². The quantitative estimate of drug-likeness (QED) is 0.780. The van der Waals surface area contributed by atoms with Gasteiger partial charge in [-0.15, -0.1) is 0 Å². The molecule has 5 nitrogen and oxygen atoms in total. The largest absolute Gasteiger partial charge is 0.324 e. The van der Waals surface area contributed by atoms with Crippen molar-refractivity contribution in [3.8, 4) is 0 Å². The van der Waals surface area contributed by atoms with Crippen LogP contribution in [-0.2, 0) is 0 Å². The van der Waals surface area contributed by atoms with Crippen LogP contribution in [0.5, 0.6) is 0 Å². The molecular weight excluding hydrogens is 264 g/mol. The molecule has 3 heterocycles. The van der Waals surface area contributed by atoms with E-state index < -0.39 is 0 Å². The third kappa shape index (κ3) is 2.05. The molecule has 0 saturated carbocycles. The Morgan fingerprint density at radius 1 is 1.19 bits per heavy atom. The van der Waals surface area contributed by atoms with Gasteiger partial charge in [-0.3, -0.25) is 4.90 Å². The molecule has 4 rings (SSSR count). The molecule has 1 fully saturated rings. The van der Waals surface area contributed by atoms with E-state index in [1.165, 1.54) is 5.56 Å². The van der Waals surface area contributed by atoms with Crippen molar-refractivity contribution in [2.75, 3.05) is 13.1 Å². The van der Waals surface area contributed by atoms with Crippen LogP contribution >= 0.6 is 0 Å². The molecule has 1 atom stereocenters. The highest BCUT2D eigenvalue weighted by Gasteiger charge is 2.36. The summed E-state index contributed by atoms with van der Waals surface area (Å²) < 4.78 is 0. The van der Waals surface area contributed by atoms with Gasteiger partial charge in [0.15, 0.2) is 0 Å². The van der Waals surface area contributed by atoms with Crippen LogP contribution in [0, 0.1) is 0 Å². The zero-order valence-electron chi connectivity index (χ0n) is 11.6. The number of amides is 2. The molecule has 1 aromatic carbocycles. The predicted octanol–water partition coefficient (Wildman–Crippen LogP) is 2.58. The number of urea groups is 1. The molecule has 21 heavy (non-hydrogen) atoms. The minimum Gasteiger partial charge on any atom is -0.317 e. The van der Waals surface area contributed by atoms with E-state index in [-0.39, 0.29) is 12.1 Å².